The molecule has 8 nitrogen and oxygen atoms in total. The van der Waals surface area contributed by atoms with Gasteiger partial charge in [-0.1, -0.05) is 40.3 Å². The molecule has 1 N–H and O–H groups in total. The largest absolute Gasteiger partial charge is 0.487 e. The maximum absolute atomic E-state index is 13.7. The van der Waals surface area contributed by atoms with E-state index in [2.05, 4.69) is 30.6 Å². The number of hydrogen-bond donors (Lipinski definition) is 1. The summed E-state index contributed by atoms with van der Waals surface area (Å²) in [6.07, 6.45) is 4.47. The van der Waals surface area contributed by atoms with E-state index in [1.165, 1.54) is 0 Å². The van der Waals surface area contributed by atoms with Crippen molar-refractivity contribution < 1.29 is 23.6 Å². The van der Waals surface area contributed by atoms with E-state index >= 15 is 0 Å². The van der Waals surface area contributed by atoms with E-state index in [1.807, 2.05) is 19.9 Å². The number of nitrogens with zero attached hydrogens (tertiary/aromatic N) is 2. The molecule has 0 radical (unpaired) electrons. The third-order valence-electron chi connectivity index (χ3n) is 8.76. The van der Waals surface area contributed by atoms with Gasteiger partial charge in [0.15, 0.2) is 5.60 Å². The molecule has 0 spiro atoms. The first-order valence-corrected chi connectivity index (χ1v) is 12.9. The van der Waals surface area contributed by atoms with Crippen LogP contribution in [0.15, 0.2) is 12.7 Å². The smallest absolute Gasteiger partial charge is 0.444 e. The van der Waals surface area contributed by atoms with E-state index < -0.39 is 36.2 Å². The van der Waals surface area contributed by atoms with E-state index in [-0.39, 0.29) is 29.1 Å². The zero-order chi connectivity index (χ0) is 26.0. The van der Waals surface area contributed by atoms with Crippen molar-refractivity contribution in [1.29, 1.82) is 0 Å². The lowest BCUT2D eigenvalue weighted by atomic mass is 9.42. The third-order valence-corrected chi connectivity index (χ3v) is 8.76. The molecular formula is C26H41BN3O5+. The van der Waals surface area contributed by atoms with Gasteiger partial charge < -0.3 is 24.3 Å². The van der Waals surface area contributed by atoms with Crippen LogP contribution in [-0.4, -0.2) is 59.5 Å². The molecule has 2 bridgehead atoms. The van der Waals surface area contributed by atoms with Crippen molar-refractivity contribution in [1.82, 2.24) is 10.2 Å². The van der Waals surface area contributed by atoms with Gasteiger partial charge in [-0.2, -0.15) is 0 Å². The number of carbonyl (C=O) groups excluding carboxylic acids is 2. The van der Waals surface area contributed by atoms with Gasteiger partial charge in [0.05, 0.1) is 12.4 Å². The highest BCUT2D eigenvalue weighted by Gasteiger charge is 2.82. The summed E-state index contributed by atoms with van der Waals surface area (Å²) in [6.45, 7) is 24.4. The van der Waals surface area contributed by atoms with Crippen LogP contribution in [0.3, 0.4) is 0 Å². The summed E-state index contributed by atoms with van der Waals surface area (Å²) in [5.74, 6) is 0.0467. The van der Waals surface area contributed by atoms with Gasteiger partial charge in [-0.25, -0.2) is 4.79 Å². The summed E-state index contributed by atoms with van der Waals surface area (Å²) < 4.78 is 18.7. The molecule has 0 aromatic heterocycles. The maximum atomic E-state index is 13.7. The normalized spacial score (nSPS) is 36.1. The first-order valence-electron chi connectivity index (χ1n) is 12.9. The highest BCUT2D eigenvalue weighted by molar-refractivity contribution is 6.48. The zero-order valence-corrected chi connectivity index (χ0v) is 22.3. The van der Waals surface area contributed by atoms with Gasteiger partial charge in [0.2, 0.25) is 5.91 Å². The van der Waals surface area contributed by atoms with E-state index in [9.17, 15) is 9.59 Å². The van der Waals surface area contributed by atoms with Crippen molar-refractivity contribution in [2.24, 2.45) is 23.2 Å². The molecule has 0 aromatic carbocycles. The van der Waals surface area contributed by atoms with Gasteiger partial charge in [-0.05, 0) is 62.1 Å². The number of likely N-dealkylation sites (tertiary alicyclic amines) is 1. The van der Waals surface area contributed by atoms with Gasteiger partial charge in [-0.15, -0.1) is 0 Å². The predicted octanol–water partition coefficient (Wildman–Crippen LogP) is 4.25. The first kappa shape index (κ1) is 26.0. The van der Waals surface area contributed by atoms with Crippen molar-refractivity contribution >= 4 is 19.1 Å². The number of hydrogen-bond acceptors (Lipinski definition) is 5. The summed E-state index contributed by atoms with van der Waals surface area (Å²) in [5.41, 5.74) is -2.40. The number of amides is 2. The SMILES string of the molecule is C#[N+][C@@]12CC3CC(C3(C)C)[C@]1(C=C)OB([C@@H]1CCCN1C(=O)C(NC(=O)OC(C)(C)C)C(C)C)O2. The number of ether oxygens (including phenoxy) is 1. The molecule has 3 unspecified atom stereocenters. The molecule has 3 aliphatic carbocycles. The standard InChI is InChI=1S/C26H40BN3O5/c1-10-25-18-14-17(24(18,7)8)15-26(25,28-9)35-27(34-25)19-12-11-13-30(19)21(31)20(16(2)3)29-22(32)33-23(4,5)6/h9-10,16-20H,1,11-15H2,2-8H3/p+1/t17?,18?,19-,20?,25-,26+/m0/s1. The average molecular weight is 486 g/mol. The van der Waals surface area contributed by atoms with Crippen LogP contribution in [0.1, 0.15) is 74.1 Å². The molecular weight excluding hydrogens is 445 g/mol. The lowest BCUT2D eigenvalue weighted by Gasteiger charge is -2.63. The van der Waals surface area contributed by atoms with E-state index in [1.54, 1.807) is 25.7 Å². The lowest BCUT2D eigenvalue weighted by molar-refractivity contribution is -0.212. The zero-order valence-electron chi connectivity index (χ0n) is 22.3. The Labute approximate surface area is 210 Å². The van der Waals surface area contributed by atoms with Gasteiger partial charge in [0, 0.05) is 12.5 Å². The molecule has 6 atom stereocenters. The Hall–Kier alpha value is -2.05. The Balaban J connectivity index is 1.56. The third kappa shape index (κ3) is 3.97. The second kappa shape index (κ2) is 8.52. The van der Waals surface area contributed by atoms with Crippen LogP contribution in [0, 0.1) is 29.7 Å². The average Bonchev–Trinajstić information content (AvgIpc) is 3.38. The van der Waals surface area contributed by atoms with Crippen LogP contribution in [0.4, 0.5) is 4.79 Å². The Bertz CT molecular complexity index is 940. The summed E-state index contributed by atoms with van der Waals surface area (Å²) in [7, 11) is -0.670. The van der Waals surface area contributed by atoms with E-state index in [0.717, 1.165) is 19.3 Å². The Morgan fingerprint density at radius 3 is 2.54 bits per heavy atom. The van der Waals surface area contributed by atoms with Gasteiger partial charge in [0.25, 0.3) is 6.57 Å². The lowest BCUT2D eigenvalue weighted by Crippen LogP contribution is -2.70. The van der Waals surface area contributed by atoms with Crippen molar-refractivity contribution in [2.45, 2.75) is 103 Å². The molecule has 0 aromatic rings. The quantitative estimate of drug-likeness (QED) is 0.464. The molecule has 5 fully saturated rings. The van der Waals surface area contributed by atoms with Crippen molar-refractivity contribution in [3.05, 3.63) is 17.5 Å². The Kier molecular flexibility index (Phi) is 6.34. The number of nitrogens with one attached hydrogen (secondary N) is 1. The predicted molar refractivity (Wildman–Crippen MR) is 135 cm³/mol. The second-order valence-electron chi connectivity index (χ2n) is 12.6. The molecule has 35 heavy (non-hydrogen) atoms. The maximum Gasteiger partial charge on any atom is 0.487 e. The van der Waals surface area contributed by atoms with E-state index in [0.29, 0.717) is 18.9 Å². The second-order valence-corrected chi connectivity index (χ2v) is 12.6. The molecule has 2 amide bonds. The van der Waals surface area contributed by atoms with Crippen LogP contribution in [0.2, 0.25) is 0 Å². The molecule has 2 heterocycles. The first-order chi connectivity index (χ1) is 16.2. The summed E-state index contributed by atoms with van der Waals surface area (Å²) in [6, 6.07) is -0.720. The van der Waals surface area contributed by atoms with Crippen molar-refractivity contribution in [2.75, 3.05) is 6.54 Å². The van der Waals surface area contributed by atoms with Gasteiger partial charge in [0.1, 0.15) is 11.6 Å². The molecule has 2 saturated heterocycles. The fourth-order valence-corrected chi connectivity index (χ4v) is 6.75. The number of carbonyl (C=O) groups is 2. The minimum Gasteiger partial charge on any atom is -0.444 e. The van der Waals surface area contributed by atoms with Crippen molar-refractivity contribution in [3.63, 3.8) is 0 Å². The van der Waals surface area contributed by atoms with Crippen LogP contribution in [0.5, 0.6) is 0 Å². The molecule has 2 aliphatic heterocycles. The van der Waals surface area contributed by atoms with Gasteiger partial charge >= 0.3 is 18.9 Å². The van der Waals surface area contributed by atoms with Crippen molar-refractivity contribution in [3.8, 4) is 6.57 Å². The Morgan fingerprint density at radius 2 is 2.00 bits per heavy atom. The highest BCUT2D eigenvalue weighted by atomic mass is 16.7. The molecule has 3 saturated carbocycles. The van der Waals surface area contributed by atoms with Crippen LogP contribution in [-0.2, 0) is 18.8 Å². The van der Waals surface area contributed by atoms with E-state index in [4.69, 9.17) is 20.6 Å². The molecule has 9 heteroatoms. The topological polar surface area (TPSA) is 81.5 Å². The number of rotatable bonds is 5. The molecule has 5 aliphatic rings. The number of alkyl carbamates (subject to hydrolysis) is 1. The summed E-state index contributed by atoms with van der Waals surface area (Å²) in [4.78, 5) is 32.2. The monoisotopic (exact) mass is 486 g/mol. The minimum atomic E-state index is -0.994. The van der Waals surface area contributed by atoms with Crippen LogP contribution in [0.25, 0.3) is 4.85 Å². The molecule has 5 rings (SSSR count). The molecule has 192 valence electrons. The van der Waals surface area contributed by atoms with Crippen LogP contribution < -0.4 is 5.32 Å². The summed E-state index contributed by atoms with van der Waals surface area (Å²) >= 11 is 0. The van der Waals surface area contributed by atoms with Gasteiger partial charge in [-0.3, -0.25) is 4.79 Å². The van der Waals surface area contributed by atoms with Crippen LogP contribution >= 0.6 is 0 Å². The fraction of sp³-hybridized carbons (Fsp3) is 0.808. The Morgan fingerprint density at radius 1 is 1.31 bits per heavy atom. The fourth-order valence-electron chi connectivity index (χ4n) is 6.75. The summed E-state index contributed by atoms with van der Waals surface area (Å²) in [5, 5.41) is 2.78. The minimum absolute atomic E-state index is 0.0753. The highest BCUT2D eigenvalue weighted by Crippen LogP contribution is 2.70.